The summed E-state index contributed by atoms with van der Waals surface area (Å²) < 4.78 is 5.19. The highest BCUT2D eigenvalue weighted by Crippen LogP contribution is 2.08. The Morgan fingerprint density at radius 1 is 1.42 bits per heavy atom. The number of carbonyl (C=O) groups is 2. The van der Waals surface area contributed by atoms with Gasteiger partial charge in [0.2, 0.25) is 0 Å². The summed E-state index contributed by atoms with van der Waals surface area (Å²) in [6, 6.07) is 2.80. The molecule has 0 spiro atoms. The highest BCUT2D eigenvalue weighted by molar-refractivity contribution is 5.85. The molecule has 19 heavy (non-hydrogen) atoms. The van der Waals surface area contributed by atoms with E-state index in [0.717, 1.165) is 6.42 Å². The van der Waals surface area contributed by atoms with E-state index in [1.54, 1.807) is 0 Å². The maximum absolute atomic E-state index is 11.4. The van der Waals surface area contributed by atoms with E-state index in [1.807, 2.05) is 0 Å². The van der Waals surface area contributed by atoms with Crippen LogP contribution < -0.4 is 10.1 Å². The van der Waals surface area contributed by atoms with E-state index in [9.17, 15) is 9.59 Å². The molecule has 0 fully saturated rings. The van der Waals surface area contributed by atoms with E-state index in [-0.39, 0.29) is 18.2 Å². The average Bonchev–Trinajstić information content (AvgIpc) is 2.36. The Hall–Kier alpha value is -2.11. The van der Waals surface area contributed by atoms with Crippen molar-refractivity contribution in [1.29, 1.82) is 0 Å². The second-order valence-corrected chi connectivity index (χ2v) is 4.51. The van der Waals surface area contributed by atoms with Gasteiger partial charge in [0.15, 0.2) is 6.61 Å². The molecule has 2 N–H and O–H groups in total. The van der Waals surface area contributed by atoms with Crippen LogP contribution in [0.4, 0.5) is 0 Å². The van der Waals surface area contributed by atoms with Crippen molar-refractivity contribution in [3.05, 3.63) is 24.0 Å². The van der Waals surface area contributed by atoms with Crippen molar-refractivity contribution in [2.75, 3.05) is 13.2 Å². The van der Waals surface area contributed by atoms with Crippen LogP contribution in [0.2, 0.25) is 0 Å². The van der Waals surface area contributed by atoms with Crippen LogP contribution in [0.15, 0.2) is 18.3 Å². The molecule has 0 unspecified atom stereocenters. The first-order valence-electron chi connectivity index (χ1n) is 6.08. The van der Waals surface area contributed by atoms with Crippen molar-refractivity contribution >= 4 is 11.9 Å². The number of nitrogens with one attached hydrogen (secondary N) is 1. The molecule has 0 aromatic carbocycles. The minimum Gasteiger partial charge on any atom is -0.482 e. The summed E-state index contributed by atoms with van der Waals surface area (Å²) in [6.07, 6.45) is 2.20. The molecule has 0 aliphatic carbocycles. The molecule has 0 saturated carbocycles. The Labute approximate surface area is 111 Å². The summed E-state index contributed by atoms with van der Waals surface area (Å²) in [5.41, 5.74) is -0.0614. The van der Waals surface area contributed by atoms with Gasteiger partial charge >= 0.3 is 5.97 Å². The molecule has 1 amide bonds. The lowest BCUT2D eigenvalue weighted by atomic mass is 10.1. The number of rotatable bonds is 7. The van der Waals surface area contributed by atoms with E-state index in [4.69, 9.17) is 9.84 Å². The molecule has 6 heteroatoms. The fraction of sp³-hybridized carbons (Fsp3) is 0.462. The third kappa shape index (κ3) is 5.85. The maximum atomic E-state index is 11.4. The number of pyridine rings is 1. The van der Waals surface area contributed by atoms with Gasteiger partial charge in [0, 0.05) is 6.54 Å². The smallest absolute Gasteiger partial charge is 0.354 e. The van der Waals surface area contributed by atoms with E-state index in [2.05, 4.69) is 24.1 Å². The minimum atomic E-state index is -1.10. The molecular weight excluding hydrogens is 248 g/mol. The fourth-order valence-corrected chi connectivity index (χ4v) is 1.29. The number of ether oxygens (including phenoxy) is 1. The summed E-state index contributed by atoms with van der Waals surface area (Å²) in [4.78, 5) is 25.7. The summed E-state index contributed by atoms with van der Waals surface area (Å²) >= 11 is 0. The summed E-state index contributed by atoms with van der Waals surface area (Å²) in [5, 5.41) is 11.4. The van der Waals surface area contributed by atoms with Crippen LogP contribution in [0.5, 0.6) is 5.75 Å². The molecule has 0 saturated heterocycles. The lowest BCUT2D eigenvalue weighted by Crippen LogP contribution is -2.30. The van der Waals surface area contributed by atoms with Gasteiger partial charge in [0.05, 0.1) is 6.20 Å². The van der Waals surface area contributed by atoms with Gasteiger partial charge < -0.3 is 15.2 Å². The largest absolute Gasteiger partial charge is 0.482 e. The lowest BCUT2D eigenvalue weighted by molar-refractivity contribution is -0.123. The molecule has 0 atom stereocenters. The topological polar surface area (TPSA) is 88.5 Å². The number of amides is 1. The molecule has 0 bridgehead atoms. The minimum absolute atomic E-state index is 0.0614. The summed E-state index contributed by atoms with van der Waals surface area (Å²) in [7, 11) is 0. The molecule has 0 aliphatic heterocycles. The van der Waals surface area contributed by atoms with Gasteiger partial charge in [-0.15, -0.1) is 0 Å². The molecule has 1 aromatic rings. The second-order valence-electron chi connectivity index (χ2n) is 4.51. The number of hydrogen-bond acceptors (Lipinski definition) is 4. The van der Waals surface area contributed by atoms with E-state index in [1.165, 1.54) is 18.3 Å². The van der Waals surface area contributed by atoms with E-state index < -0.39 is 5.97 Å². The lowest BCUT2D eigenvalue weighted by Gasteiger charge is -2.08. The number of nitrogens with zero attached hydrogens (tertiary/aromatic N) is 1. The zero-order valence-corrected chi connectivity index (χ0v) is 11.0. The first-order chi connectivity index (χ1) is 8.99. The SMILES string of the molecule is CC(C)CCNC(=O)COc1ccc(C(=O)O)nc1. The predicted octanol–water partition coefficient (Wildman–Crippen LogP) is 1.32. The third-order valence-electron chi connectivity index (χ3n) is 2.37. The van der Waals surface area contributed by atoms with Crippen molar-refractivity contribution < 1.29 is 19.4 Å². The molecule has 6 nitrogen and oxygen atoms in total. The third-order valence-corrected chi connectivity index (χ3v) is 2.37. The Balaban J connectivity index is 2.32. The summed E-state index contributed by atoms with van der Waals surface area (Å²) in [5.74, 6) is -0.404. The van der Waals surface area contributed by atoms with Crippen LogP contribution in [-0.2, 0) is 4.79 Å². The molecule has 1 heterocycles. The number of aromatic carboxylic acids is 1. The Bertz CT molecular complexity index is 429. The van der Waals surface area contributed by atoms with Crippen molar-refractivity contribution in [3.8, 4) is 5.75 Å². The molecular formula is C13H18N2O4. The van der Waals surface area contributed by atoms with Crippen molar-refractivity contribution in [3.63, 3.8) is 0 Å². The first kappa shape index (κ1) is 14.9. The van der Waals surface area contributed by atoms with Crippen LogP contribution in [0.1, 0.15) is 30.8 Å². The molecule has 0 aliphatic rings. The summed E-state index contributed by atoms with van der Waals surface area (Å²) in [6.45, 7) is 4.68. The van der Waals surface area contributed by atoms with Gasteiger partial charge in [0.1, 0.15) is 11.4 Å². The molecule has 1 aromatic heterocycles. The maximum Gasteiger partial charge on any atom is 0.354 e. The van der Waals surface area contributed by atoms with Crippen molar-refractivity contribution in [2.24, 2.45) is 5.92 Å². The molecule has 0 radical (unpaired) electrons. The zero-order chi connectivity index (χ0) is 14.3. The van der Waals surface area contributed by atoms with Gasteiger partial charge in [0.25, 0.3) is 5.91 Å². The van der Waals surface area contributed by atoms with Crippen LogP contribution in [-0.4, -0.2) is 35.1 Å². The van der Waals surface area contributed by atoms with Gasteiger partial charge in [-0.1, -0.05) is 13.8 Å². The standard InChI is InChI=1S/C13H18N2O4/c1-9(2)5-6-14-12(16)8-19-10-3-4-11(13(17)18)15-7-10/h3-4,7,9H,5-6,8H2,1-2H3,(H,14,16)(H,17,18). The van der Waals surface area contributed by atoms with E-state index in [0.29, 0.717) is 18.2 Å². The number of aromatic nitrogens is 1. The number of carbonyl (C=O) groups excluding carboxylic acids is 1. The van der Waals surface area contributed by atoms with Gasteiger partial charge in [-0.25, -0.2) is 9.78 Å². The molecule has 104 valence electrons. The number of carboxylic acid groups (broad SMARTS) is 1. The Morgan fingerprint density at radius 3 is 2.68 bits per heavy atom. The Morgan fingerprint density at radius 2 is 2.16 bits per heavy atom. The van der Waals surface area contributed by atoms with Gasteiger partial charge in [-0.05, 0) is 24.5 Å². The molecule has 1 rings (SSSR count). The monoisotopic (exact) mass is 266 g/mol. The van der Waals surface area contributed by atoms with Crippen LogP contribution in [0.25, 0.3) is 0 Å². The van der Waals surface area contributed by atoms with Crippen molar-refractivity contribution in [2.45, 2.75) is 20.3 Å². The predicted molar refractivity (Wildman–Crippen MR) is 69.2 cm³/mol. The van der Waals surface area contributed by atoms with Crippen molar-refractivity contribution in [1.82, 2.24) is 10.3 Å². The highest BCUT2D eigenvalue weighted by atomic mass is 16.5. The van der Waals surface area contributed by atoms with Crippen LogP contribution >= 0.6 is 0 Å². The normalized spacial score (nSPS) is 10.3. The average molecular weight is 266 g/mol. The zero-order valence-electron chi connectivity index (χ0n) is 11.0. The second kappa shape index (κ2) is 7.35. The quantitative estimate of drug-likeness (QED) is 0.777. The van der Waals surface area contributed by atoms with Crippen LogP contribution in [0, 0.1) is 5.92 Å². The van der Waals surface area contributed by atoms with E-state index >= 15 is 0 Å². The first-order valence-corrected chi connectivity index (χ1v) is 6.08. The highest BCUT2D eigenvalue weighted by Gasteiger charge is 2.06. The number of carboxylic acids is 1. The number of hydrogen-bond donors (Lipinski definition) is 2. The van der Waals surface area contributed by atoms with Gasteiger partial charge in [-0.2, -0.15) is 0 Å². The fourth-order valence-electron chi connectivity index (χ4n) is 1.29. The van der Waals surface area contributed by atoms with Gasteiger partial charge in [-0.3, -0.25) is 4.79 Å². The van der Waals surface area contributed by atoms with Crippen LogP contribution in [0.3, 0.4) is 0 Å². The Kier molecular flexibility index (Phi) is 5.78.